The predicted octanol–water partition coefficient (Wildman–Crippen LogP) is 1.83. The molecule has 0 aromatic heterocycles. The molecule has 0 saturated carbocycles. The van der Waals surface area contributed by atoms with E-state index in [1.165, 1.54) is 0 Å². The van der Waals surface area contributed by atoms with E-state index in [2.05, 4.69) is 17.7 Å². The van der Waals surface area contributed by atoms with Crippen LogP contribution < -0.4 is 16.6 Å². The van der Waals surface area contributed by atoms with E-state index in [0.717, 1.165) is 37.3 Å². The Morgan fingerprint density at radius 2 is 2.10 bits per heavy atom. The molecule has 4 N–H and O–H groups in total. The number of benzene rings is 1. The maximum atomic E-state index is 12.3. The Morgan fingerprint density at radius 3 is 2.70 bits per heavy atom. The minimum Gasteiger partial charge on any atom is -0.381 e. The minimum absolute atomic E-state index is 0.0231. The van der Waals surface area contributed by atoms with Gasteiger partial charge >= 0.3 is 0 Å². The number of hydrogen-bond acceptors (Lipinski definition) is 4. The number of carbonyl (C=O) groups excluding carboxylic acids is 1. The van der Waals surface area contributed by atoms with E-state index in [0.29, 0.717) is 11.5 Å². The third kappa shape index (κ3) is 3.49. The molecule has 5 heteroatoms. The van der Waals surface area contributed by atoms with E-state index < -0.39 is 0 Å². The normalized spacial score (nSPS) is 17.6. The van der Waals surface area contributed by atoms with Crippen molar-refractivity contribution in [3.05, 3.63) is 29.3 Å². The van der Waals surface area contributed by atoms with Crippen molar-refractivity contribution in [2.24, 2.45) is 11.8 Å². The van der Waals surface area contributed by atoms with Gasteiger partial charge in [0.15, 0.2) is 0 Å². The number of hydrazine groups is 1. The van der Waals surface area contributed by atoms with Crippen LogP contribution in [0.3, 0.4) is 0 Å². The summed E-state index contributed by atoms with van der Waals surface area (Å²) in [6, 6.07) is 5.64. The van der Waals surface area contributed by atoms with Crippen molar-refractivity contribution in [1.29, 1.82) is 0 Å². The molecule has 1 fully saturated rings. The van der Waals surface area contributed by atoms with Crippen LogP contribution in [-0.2, 0) is 4.74 Å². The van der Waals surface area contributed by atoms with Crippen LogP contribution in [0.15, 0.2) is 18.2 Å². The van der Waals surface area contributed by atoms with Crippen molar-refractivity contribution < 1.29 is 9.53 Å². The molecule has 20 heavy (non-hydrogen) atoms. The molecule has 2 rings (SSSR count). The van der Waals surface area contributed by atoms with E-state index in [9.17, 15) is 4.79 Å². The van der Waals surface area contributed by atoms with Gasteiger partial charge in [-0.15, -0.1) is 0 Å². The maximum Gasteiger partial charge on any atom is 0.251 e. The van der Waals surface area contributed by atoms with E-state index in [1.807, 2.05) is 13.0 Å². The molecule has 0 radical (unpaired) electrons. The monoisotopic (exact) mass is 277 g/mol. The predicted molar refractivity (Wildman–Crippen MR) is 79.5 cm³/mol. The molecular formula is C15H23N3O2. The summed E-state index contributed by atoms with van der Waals surface area (Å²) in [6.45, 7) is 5.56. The van der Waals surface area contributed by atoms with Gasteiger partial charge in [0.05, 0.1) is 0 Å². The lowest BCUT2D eigenvalue weighted by molar-refractivity contribution is 0.0538. The summed E-state index contributed by atoms with van der Waals surface area (Å²) in [5.74, 6) is 5.84. The fraction of sp³-hybridized carbons (Fsp3) is 0.533. The number of amides is 1. The van der Waals surface area contributed by atoms with Gasteiger partial charge in [0.2, 0.25) is 0 Å². The van der Waals surface area contributed by atoms with Crippen LogP contribution in [0.1, 0.15) is 35.7 Å². The summed E-state index contributed by atoms with van der Waals surface area (Å²) in [7, 11) is 0. The molecule has 1 aromatic carbocycles. The van der Waals surface area contributed by atoms with Gasteiger partial charge in [0.25, 0.3) is 5.91 Å². The lowest BCUT2D eigenvalue weighted by Gasteiger charge is -2.28. The van der Waals surface area contributed by atoms with Crippen LogP contribution in [0.5, 0.6) is 0 Å². The fourth-order valence-electron chi connectivity index (χ4n) is 2.63. The molecule has 110 valence electrons. The first-order valence-corrected chi connectivity index (χ1v) is 7.07. The molecule has 0 bridgehead atoms. The van der Waals surface area contributed by atoms with Crippen molar-refractivity contribution in [2.45, 2.75) is 32.7 Å². The molecule has 1 amide bonds. The van der Waals surface area contributed by atoms with Gasteiger partial charge in [0, 0.05) is 30.5 Å². The summed E-state index contributed by atoms with van der Waals surface area (Å²) in [5.41, 5.74) is 4.99. The lowest BCUT2D eigenvalue weighted by Crippen LogP contribution is -2.40. The van der Waals surface area contributed by atoms with E-state index in [4.69, 9.17) is 10.6 Å². The minimum atomic E-state index is -0.0231. The zero-order valence-electron chi connectivity index (χ0n) is 12.1. The molecule has 0 spiro atoms. The van der Waals surface area contributed by atoms with Crippen LogP contribution in [0.25, 0.3) is 0 Å². The number of nitrogen functional groups attached to an aromatic ring is 1. The first kappa shape index (κ1) is 14.8. The van der Waals surface area contributed by atoms with Crippen LogP contribution in [0, 0.1) is 12.8 Å². The number of anilines is 1. The smallest absolute Gasteiger partial charge is 0.251 e. The molecule has 0 aliphatic carbocycles. The molecule has 1 saturated heterocycles. The Kier molecular flexibility index (Phi) is 4.98. The molecule has 1 atom stereocenters. The second-order valence-electron chi connectivity index (χ2n) is 5.39. The Labute approximate surface area is 119 Å². The van der Waals surface area contributed by atoms with Crippen LogP contribution in [-0.4, -0.2) is 25.2 Å². The lowest BCUT2D eigenvalue weighted by atomic mass is 9.92. The number of rotatable bonds is 4. The molecule has 1 aliphatic heterocycles. The highest BCUT2D eigenvalue weighted by Gasteiger charge is 2.22. The zero-order valence-corrected chi connectivity index (χ0v) is 12.1. The number of hydrogen-bond donors (Lipinski definition) is 3. The molecule has 1 aliphatic rings. The van der Waals surface area contributed by atoms with Crippen molar-refractivity contribution in [1.82, 2.24) is 5.32 Å². The Morgan fingerprint density at radius 1 is 1.40 bits per heavy atom. The van der Waals surface area contributed by atoms with Gasteiger partial charge in [0.1, 0.15) is 0 Å². The van der Waals surface area contributed by atoms with Gasteiger partial charge < -0.3 is 15.5 Å². The van der Waals surface area contributed by atoms with Crippen molar-refractivity contribution in [3.8, 4) is 0 Å². The second-order valence-corrected chi connectivity index (χ2v) is 5.39. The third-order valence-electron chi connectivity index (χ3n) is 3.97. The van der Waals surface area contributed by atoms with E-state index >= 15 is 0 Å². The number of nitrogens with one attached hydrogen (secondary N) is 2. The van der Waals surface area contributed by atoms with Gasteiger partial charge in [-0.05, 0) is 56.4 Å². The quantitative estimate of drug-likeness (QED) is 0.579. The van der Waals surface area contributed by atoms with Crippen molar-refractivity contribution >= 4 is 11.6 Å². The summed E-state index contributed by atoms with van der Waals surface area (Å²) >= 11 is 0. The van der Waals surface area contributed by atoms with Gasteiger partial charge in [-0.1, -0.05) is 0 Å². The highest BCUT2D eigenvalue weighted by Crippen LogP contribution is 2.20. The fourth-order valence-corrected chi connectivity index (χ4v) is 2.63. The molecule has 1 heterocycles. The highest BCUT2D eigenvalue weighted by molar-refractivity contribution is 5.96. The number of nitrogens with two attached hydrogens (primary N) is 1. The standard InChI is InChI=1S/C15H23N3O2/c1-10-9-13(18-16)3-4-14(10)15(19)17-11(2)12-5-7-20-8-6-12/h3-4,9,11-12,18H,5-8,16H2,1-2H3,(H,17,19). The molecule has 5 nitrogen and oxygen atoms in total. The summed E-state index contributed by atoms with van der Waals surface area (Å²) in [6.07, 6.45) is 2.02. The Balaban J connectivity index is 2.00. The second kappa shape index (κ2) is 6.72. The first-order valence-electron chi connectivity index (χ1n) is 7.07. The Bertz CT molecular complexity index is 470. The highest BCUT2D eigenvalue weighted by atomic mass is 16.5. The average Bonchev–Trinajstić information content (AvgIpc) is 2.47. The van der Waals surface area contributed by atoms with Crippen molar-refractivity contribution in [3.63, 3.8) is 0 Å². The third-order valence-corrected chi connectivity index (χ3v) is 3.97. The molecule has 1 unspecified atom stereocenters. The summed E-state index contributed by atoms with van der Waals surface area (Å²) < 4.78 is 5.35. The van der Waals surface area contributed by atoms with Crippen LogP contribution >= 0.6 is 0 Å². The summed E-state index contributed by atoms with van der Waals surface area (Å²) in [4.78, 5) is 12.3. The Hall–Kier alpha value is -1.59. The molecule has 1 aromatic rings. The van der Waals surface area contributed by atoms with Crippen LogP contribution in [0.2, 0.25) is 0 Å². The molecular weight excluding hydrogens is 254 g/mol. The summed E-state index contributed by atoms with van der Waals surface area (Å²) in [5, 5.41) is 3.10. The van der Waals surface area contributed by atoms with Gasteiger partial charge in [-0.25, -0.2) is 0 Å². The first-order chi connectivity index (χ1) is 9.61. The number of carbonyl (C=O) groups is 1. The maximum absolute atomic E-state index is 12.3. The van der Waals surface area contributed by atoms with Crippen LogP contribution in [0.4, 0.5) is 5.69 Å². The van der Waals surface area contributed by atoms with Crippen molar-refractivity contribution in [2.75, 3.05) is 18.6 Å². The SMILES string of the molecule is Cc1cc(NN)ccc1C(=O)NC(C)C1CCOCC1. The largest absolute Gasteiger partial charge is 0.381 e. The van der Waals surface area contributed by atoms with Gasteiger partial charge in [-0.3, -0.25) is 10.6 Å². The van der Waals surface area contributed by atoms with E-state index in [-0.39, 0.29) is 11.9 Å². The van der Waals surface area contributed by atoms with E-state index in [1.54, 1.807) is 12.1 Å². The average molecular weight is 277 g/mol. The zero-order chi connectivity index (χ0) is 14.5. The number of aryl methyl sites for hydroxylation is 1. The number of ether oxygens (including phenoxy) is 1. The topological polar surface area (TPSA) is 76.4 Å². The van der Waals surface area contributed by atoms with Gasteiger partial charge in [-0.2, -0.15) is 0 Å².